The lowest BCUT2D eigenvalue weighted by molar-refractivity contribution is -0.0699. The molecule has 47 heavy (non-hydrogen) atoms. The summed E-state index contributed by atoms with van der Waals surface area (Å²) in [6.07, 6.45) is -1.53. The van der Waals surface area contributed by atoms with Crippen LogP contribution in [0.25, 0.3) is 22.3 Å². The SMILES string of the molecule is CC[C@@]1(O)C[P@](=O)(S)OC[C@H]2O[C@@H](n3cnc4c(N)ncnc43)[C@H](OP(=O)(S)OC[C@H]3O[C@@H](n4cnc5c(N)ncnc54)C[C@@H]31)[C@@H]2O. The Morgan fingerprint density at radius 1 is 0.936 bits per heavy atom. The van der Waals surface area contributed by atoms with Crippen molar-refractivity contribution in [2.24, 2.45) is 5.92 Å². The summed E-state index contributed by atoms with van der Waals surface area (Å²) in [5, 5.41) is 23.3. The maximum atomic E-state index is 13.8. The van der Waals surface area contributed by atoms with Gasteiger partial charge in [0.2, 0.25) is 0 Å². The average molecular weight is 731 g/mol. The summed E-state index contributed by atoms with van der Waals surface area (Å²) in [7, 11) is 0. The number of nitrogens with two attached hydrogens (primary N) is 2. The fraction of sp³-hybridized carbons (Fsp3) is 0.583. The highest BCUT2D eigenvalue weighted by Gasteiger charge is 2.54. The van der Waals surface area contributed by atoms with Gasteiger partial charge in [-0.2, -0.15) is 0 Å². The lowest BCUT2D eigenvalue weighted by Crippen LogP contribution is -2.46. The third kappa shape index (κ3) is 6.05. The zero-order valence-electron chi connectivity index (χ0n) is 24.7. The molecule has 19 nitrogen and oxygen atoms in total. The summed E-state index contributed by atoms with van der Waals surface area (Å²) in [5.41, 5.74) is 11.5. The number of aliphatic hydroxyl groups is 2. The van der Waals surface area contributed by atoms with Gasteiger partial charge in [0.1, 0.15) is 48.2 Å². The molecule has 4 aromatic heterocycles. The number of imidazole rings is 2. The van der Waals surface area contributed by atoms with Crippen LogP contribution in [0.1, 0.15) is 32.2 Å². The fourth-order valence-corrected chi connectivity index (χ4v) is 10.4. The van der Waals surface area contributed by atoms with E-state index in [0.717, 1.165) is 0 Å². The number of nitrogen functional groups attached to an aromatic ring is 2. The molecule has 0 spiro atoms. The van der Waals surface area contributed by atoms with Gasteiger partial charge in [0.15, 0.2) is 29.2 Å². The average Bonchev–Trinajstić information content (AvgIpc) is 3.80. The van der Waals surface area contributed by atoms with Crippen LogP contribution in [0.2, 0.25) is 0 Å². The molecule has 0 amide bonds. The molecular weight excluding hydrogens is 698 g/mol. The van der Waals surface area contributed by atoms with Crippen molar-refractivity contribution in [3.63, 3.8) is 0 Å². The van der Waals surface area contributed by atoms with Gasteiger partial charge in [0, 0.05) is 12.3 Å². The molecule has 0 aromatic carbocycles. The van der Waals surface area contributed by atoms with Crippen molar-refractivity contribution in [1.29, 1.82) is 0 Å². The van der Waals surface area contributed by atoms with Crippen molar-refractivity contribution in [3.8, 4) is 0 Å². The van der Waals surface area contributed by atoms with E-state index in [-0.39, 0.29) is 48.4 Å². The number of hydrogen-bond donors (Lipinski definition) is 6. The number of aliphatic hydroxyl groups excluding tert-OH is 1. The minimum Gasteiger partial charge on any atom is -0.389 e. The first-order valence-electron chi connectivity index (χ1n) is 14.5. The first kappa shape index (κ1) is 33.1. The normalized spacial score (nSPS) is 38.4. The van der Waals surface area contributed by atoms with Gasteiger partial charge < -0.3 is 35.7 Å². The minimum atomic E-state index is -4.27. The maximum Gasteiger partial charge on any atom is 0.386 e. The summed E-state index contributed by atoms with van der Waals surface area (Å²) in [5.74, 6) is -0.448. The Morgan fingerprint density at radius 3 is 2.21 bits per heavy atom. The number of anilines is 2. The quantitative estimate of drug-likeness (QED) is 0.129. The number of aromatic nitrogens is 8. The van der Waals surface area contributed by atoms with Crippen LogP contribution in [0.5, 0.6) is 0 Å². The summed E-state index contributed by atoms with van der Waals surface area (Å²) in [6, 6.07) is 0. The fourth-order valence-electron chi connectivity index (χ4n) is 6.38. The number of nitrogens with zero attached hydrogens (tertiary/aromatic N) is 8. The standard InChI is InChI=1S/C24H32N10O9P2S2/c1-2-24(36)6-44(37,46)39-5-13-17(35)18(23(42-13)34-10-32-16-20(26)28-8-30-22(16)34)43-45(38,47)40-4-12-11(24)3-14(41-12)33-9-31-15-19(25)27-7-29-21(15)33/h7-14,17-18,23,35-36H,2-6H2,1H3,(H,37,46)(H,38,47)(H2,25,27,29)(H2,26,28,30)/t11-,12+,13+,14+,17+,18+,23+,24+,44+,45?/m0/s1. The van der Waals surface area contributed by atoms with Crippen molar-refractivity contribution in [1.82, 2.24) is 39.0 Å². The Kier molecular flexibility index (Phi) is 8.57. The summed E-state index contributed by atoms with van der Waals surface area (Å²) in [4.78, 5) is 24.9. The van der Waals surface area contributed by atoms with Crippen LogP contribution in [-0.4, -0.2) is 98.6 Å². The van der Waals surface area contributed by atoms with Gasteiger partial charge in [-0.3, -0.25) is 22.7 Å². The van der Waals surface area contributed by atoms with Gasteiger partial charge >= 0.3 is 6.80 Å². The van der Waals surface area contributed by atoms with E-state index in [1.165, 1.54) is 29.9 Å². The number of rotatable bonds is 3. The molecule has 7 heterocycles. The smallest absolute Gasteiger partial charge is 0.386 e. The summed E-state index contributed by atoms with van der Waals surface area (Å²) in [6.45, 7) is -7.20. The highest BCUT2D eigenvalue weighted by molar-refractivity contribution is 8.46. The predicted octanol–water partition coefficient (Wildman–Crippen LogP) is 1.73. The minimum absolute atomic E-state index is 0.106. The van der Waals surface area contributed by atoms with Gasteiger partial charge in [-0.1, -0.05) is 31.4 Å². The van der Waals surface area contributed by atoms with E-state index in [2.05, 4.69) is 54.4 Å². The highest BCUT2D eigenvalue weighted by atomic mass is 32.7. The van der Waals surface area contributed by atoms with Gasteiger partial charge in [0.05, 0.1) is 43.7 Å². The van der Waals surface area contributed by atoms with Crippen LogP contribution >= 0.6 is 37.9 Å². The molecule has 4 aromatic rings. The Labute approximate surface area is 277 Å². The monoisotopic (exact) mass is 730 g/mol. The molecule has 2 bridgehead atoms. The van der Waals surface area contributed by atoms with E-state index >= 15 is 0 Å². The van der Waals surface area contributed by atoms with E-state index in [0.29, 0.717) is 11.2 Å². The molecule has 0 aliphatic carbocycles. The van der Waals surface area contributed by atoms with Crippen LogP contribution in [0.15, 0.2) is 25.3 Å². The number of thiol groups is 2. The highest BCUT2D eigenvalue weighted by Crippen LogP contribution is 2.60. The lowest BCUT2D eigenvalue weighted by atomic mass is 9.81. The van der Waals surface area contributed by atoms with E-state index in [9.17, 15) is 19.3 Å². The van der Waals surface area contributed by atoms with Crippen LogP contribution < -0.4 is 11.5 Å². The maximum absolute atomic E-state index is 13.8. The van der Waals surface area contributed by atoms with Gasteiger partial charge in [-0.05, 0) is 6.42 Å². The van der Waals surface area contributed by atoms with Gasteiger partial charge in [-0.25, -0.2) is 34.5 Å². The molecule has 0 radical (unpaired) electrons. The first-order valence-corrected chi connectivity index (χ1v) is 20.1. The summed E-state index contributed by atoms with van der Waals surface area (Å²) >= 11 is 8.56. The zero-order valence-corrected chi connectivity index (χ0v) is 28.2. The largest absolute Gasteiger partial charge is 0.389 e. The molecule has 3 aliphatic rings. The molecule has 6 N–H and O–H groups in total. The Balaban J connectivity index is 1.23. The number of ether oxygens (including phenoxy) is 2. The Hall–Kier alpha value is -2.42. The zero-order chi connectivity index (χ0) is 33.3. The third-order valence-corrected chi connectivity index (χ3v) is 12.7. The Bertz CT molecular complexity index is 1920. The van der Waals surface area contributed by atoms with Crippen molar-refractivity contribution in [3.05, 3.63) is 25.3 Å². The molecule has 10 atom stereocenters. The molecule has 3 aliphatic heterocycles. The third-order valence-electron chi connectivity index (χ3n) is 8.78. The lowest BCUT2D eigenvalue weighted by Gasteiger charge is -2.37. The predicted molar refractivity (Wildman–Crippen MR) is 171 cm³/mol. The van der Waals surface area contributed by atoms with Gasteiger partial charge in [0.25, 0.3) is 6.57 Å². The van der Waals surface area contributed by atoms with Crippen molar-refractivity contribution >= 4 is 71.8 Å². The number of hydrogen-bond acceptors (Lipinski definition) is 17. The molecule has 3 saturated heterocycles. The van der Waals surface area contributed by atoms with Crippen molar-refractivity contribution in [2.45, 2.75) is 62.2 Å². The molecular formula is C24H32N10O9P2S2. The molecule has 3 fully saturated rings. The molecule has 7 rings (SSSR count). The van der Waals surface area contributed by atoms with Crippen LogP contribution in [0.3, 0.4) is 0 Å². The second-order valence-corrected chi connectivity index (χ2v) is 18.1. The molecule has 1 unspecified atom stereocenters. The van der Waals surface area contributed by atoms with Crippen LogP contribution in [-0.2, 0) is 32.2 Å². The second-order valence-electron chi connectivity index (χ2n) is 11.6. The van der Waals surface area contributed by atoms with Crippen LogP contribution in [0, 0.1) is 5.92 Å². The number of fused-ring (bicyclic) bond motifs is 5. The van der Waals surface area contributed by atoms with E-state index in [4.69, 9.17) is 34.5 Å². The van der Waals surface area contributed by atoms with Crippen molar-refractivity contribution < 1.29 is 42.4 Å². The van der Waals surface area contributed by atoms with E-state index in [1.807, 2.05) is 0 Å². The molecule has 254 valence electrons. The van der Waals surface area contributed by atoms with Crippen LogP contribution in [0.4, 0.5) is 11.6 Å². The molecule has 0 saturated carbocycles. The Morgan fingerprint density at radius 2 is 1.55 bits per heavy atom. The van der Waals surface area contributed by atoms with E-state index < -0.39 is 68.4 Å². The molecule has 23 heteroatoms. The van der Waals surface area contributed by atoms with E-state index in [1.54, 1.807) is 11.5 Å². The second kappa shape index (κ2) is 12.2. The summed E-state index contributed by atoms with van der Waals surface area (Å²) < 4.78 is 60.4. The van der Waals surface area contributed by atoms with Crippen molar-refractivity contribution in [2.75, 3.05) is 30.8 Å². The topological polar surface area (TPSA) is 260 Å². The van der Waals surface area contributed by atoms with Gasteiger partial charge in [-0.15, -0.1) is 0 Å². The first-order chi connectivity index (χ1) is 22.3.